The van der Waals surface area contributed by atoms with Gasteiger partial charge in [0.05, 0.1) is 12.0 Å². The molecule has 7 nitrogen and oxygen atoms in total. The summed E-state index contributed by atoms with van der Waals surface area (Å²) in [6.07, 6.45) is 3.88. The number of carbonyl (C=O) groups is 1. The van der Waals surface area contributed by atoms with Gasteiger partial charge in [-0.25, -0.2) is 0 Å². The largest absolute Gasteiger partial charge is 0.497 e. The number of piperidine rings is 1. The second kappa shape index (κ2) is 8.73. The maximum absolute atomic E-state index is 12.9. The summed E-state index contributed by atoms with van der Waals surface area (Å²) in [6.45, 7) is 3.03. The molecule has 2 saturated heterocycles. The number of methoxy groups -OCH3 is 1. The summed E-state index contributed by atoms with van der Waals surface area (Å²) in [4.78, 5) is 27.9. The molecule has 0 atom stereocenters. The Morgan fingerprint density at radius 1 is 1.07 bits per heavy atom. The topological polar surface area (TPSA) is 75.9 Å². The first kappa shape index (κ1) is 20.2. The zero-order chi connectivity index (χ0) is 21.1. The highest BCUT2D eigenvalue weighted by Crippen LogP contribution is 2.34. The van der Waals surface area contributed by atoms with Crippen molar-refractivity contribution in [2.45, 2.75) is 31.6 Å². The van der Waals surface area contributed by atoms with Crippen LogP contribution in [-0.4, -0.2) is 49.0 Å². The van der Waals surface area contributed by atoms with Crippen LogP contribution < -0.4 is 9.64 Å². The van der Waals surface area contributed by atoms with Crippen molar-refractivity contribution in [2.75, 3.05) is 38.2 Å². The predicted octanol–water partition coefficient (Wildman–Crippen LogP) is 4.22. The molecule has 0 unspecified atom stereocenters. The second-order valence-electron chi connectivity index (χ2n) is 8.00. The van der Waals surface area contributed by atoms with Gasteiger partial charge in [-0.1, -0.05) is 12.1 Å². The molecule has 0 aromatic heterocycles. The van der Waals surface area contributed by atoms with Crippen molar-refractivity contribution >= 4 is 17.3 Å². The molecule has 0 radical (unpaired) electrons. The van der Waals surface area contributed by atoms with Crippen LogP contribution in [0.2, 0.25) is 0 Å². The van der Waals surface area contributed by atoms with Gasteiger partial charge in [0.2, 0.25) is 0 Å². The third-order valence-corrected chi connectivity index (χ3v) is 6.23. The maximum atomic E-state index is 12.9. The smallest absolute Gasteiger partial charge is 0.282 e. The van der Waals surface area contributed by atoms with E-state index in [9.17, 15) is 14.9 Å². The fourth-order valence-electron chi connectivity index (χ4n) is 4.51. The standard InChI is InChI=1S/C23H27N3O4/c1-30-20-6-4-5-18(15-20)17-9-13-24(14-10-17)19-7-8-22(26(28)29)21(16-19)23(27)25-11-2-3-12-25/h4-8,15-17H,2-3,9-14H2,1H3. The molecule has 7 heteroatoms. The van der Waals surface area contributed by atoms with Gasteiger partial charge in [-0.15, -0.1) is 0 Å². The highest BCUT2D eigenvalue weighted by Gasteiger charge is 2.28. The van der Waals surface area contributed by atoms with Crippen molar-refractivity contribution in [3.63, 3.8) is 0 Å². The quantitative estimate of drug-likeness (QED) is 0.546. The highest BCUT2D eigenvalue weighted by atomic mass is 16.6. The molecule has 0 bridgehead atoms. The number of nitro groups is 1. The summed E-state index contributed by atoms with van der Waals surface area (Å²) < 4.78 is 5.34. The first-order valence-electron chi connectivity index (χ1n) is 10.5. The van der Waals surface area contributed by atoms with Crippen LogP contribution in [-0.2, 0) is 0 Å². The lowest BCUT2D eigenvalue weighted by Gasteiger charge is -2.34. The summed E-state index contributed by atoms with van der Waals surface area (Å²) in [7, 11) is 1.68. The zero-order valence-corrected chi connectivity index (χ0v) is 17.3. The third-order valence-electron chi connectivity index (χ3n) is 6.23. The van der Waals surface area contributed by atoms with E-state index in [0.717, 1.165) is 50.2 Å². The summed E-state index contributed by atoms with van der Waals surface area (Å²) in [5.74, 6) is 1.10. The molecule has 2 aliphatic heterocycles. The van der Waals surface area contributed by atoms with Gasteiger partial charge in [-0.2, -0.15) is 0 Å². The fraction of sp³-hybridized carbons (Fsp3) is 0.435. The van der Waals surface area contributed by atoms with Gasteiger partial charge < -0.3 is 14.5 Å². The molecular weight excluding hydrogens is 382 g/mol. The van der Waals surface area contributed by atoms with Crippen LogP contribution >= 0.6 is 0 Å². The molecule has 2 aromatic carbocycles. The lowest BCUT2D eigenvalue weighted by molar-refractivity contribution is -0.385. The minimum absolute atomic E-state index is 0.109. The number of benzene rings is 2. The summed E-state index contributed by atoms with van der Waals surface area (Å²) in [5, 5.41) is 11.5. The number of hydrogen-bond acceptors (Lipinski definition) is 5. The number of carbonyl (C=O) groups excluding carboxylic acids is 1. The van der Waals surface area contributed by atoms with E-state index < -0.39 is 4.92 Å². The lowest BCUT2D eigenvalue weighted by atomic mass is 9.89. The number of ether oxygens (including phenoxy) is 1. The molecule has 2 fully saturated rings. The van der Waals surface area contributed by atoms with E-state index in [0.29, 0.717) is 19.0 Å². The van der Waals surface area contributed by atoms with Crippen LogP contribution in [0, 0.1) is 10.1 Å². The van der Waals surface area contributed by atoms with E-state index in [1.165, 1.54) is 11.6 Å². The van der Waals surface area contributed by atoms with Gasteiger partial charge >= 0.3 is 0 Å². The van der Waals surface area contributed by atoms with Gasteiger partial charge in [0, 0.05) is 37.9 Å². The number of amides is 1. The number of anilines is 1. The average molecular weight is 409 g/mol. The van der Waals surface area contributed by atoms with Crippen molar-refractivity contribution in [1.82, 2.24) is 4.90 Å². The van der Waals surface area contributed by atoms with Crippen molar-refractivity contribution in [2.24, 2.45) is 0 Å². The molecule has 0 N–H and O–H groups in total. The Hall–Kier alpha value is -3.09. The molecule has 0 spiro atoms. The van der Waals surface area contributed by atoms with Crippen LogP contribution in [0.4, 0.5) is 11.4 Å². The van der Waals surface area contributed by atoms with E-state index >= 15 is 0 Å². The van der Waals surface area contributed by atoms with Crippen LogP contribution in [0.1, 0.15) is 47.5 Å². The summed E-state index contributed by atoms with van der Waals surface area (Å²) >= 11 is 0. The molecule has 30 heavy (non-hydrogen) atoms. The first-order valence-corrected chi connectivity index (χ1v) is 10.5. The minimum Gasteiger partial charge on any atom is -0.497 e. The van der Waals surface area contributed by atoms with E-state index in [1.807, 2.05) is 12.1 Å². The zero-order valence-electron chi connectivity index (χ0n) is 17.3. The molecular formula is C23H27N3O4. The molecule has 2 aromatic rings. The Labute approximate surface area is 176 Å². The first-order chi connectivity index (χ1) is 14.6. The average Bonchev–Trinajstić information content (AvgIpc) is 3.33. The Kier molecular flexibility index (Phi) is 5.88. The van der Waals surface area contributed by atoms with Crippen molar-refractivity contribution in [1.29, 1.82) is 0 Å². The molecule has 2 aliphatic rings. The number of nitro benzene ring substituents is 1. The van der Waals surface area contributed by atoms with E-state index in [4.69, 9.17) is 4.74 Å². The van der Waals surface area contributed by atoms with E-state index in [1.54, 1.807) is 24.1 Å². The Balaban J connectivity index is 1.51. The van der Waals surface area contributed by atoms with E-state index in [-0.39, 0.29) is 17.2 Å². The van der Waals surface area contributed by atoms with Gasteiger partial charge in [-0.3, -0.25) is 14.9 Å². The molecule has 0 saturated carbocycles. The number of rotatable bonds is 5. The third kappa shape index (κ3) is 4.10. The maximum Gasteiger partial charge on any atom is 0.282 e. The SMILES string of the molecule is COc1cccc(C2CCN(c3ccc([N+](=O)[O-])c(C(=O)N4CCCC4)c3)CC2)c1. The molecule has 1 amide bonds. The monoisotopic (exact) mass is 409 g/mol. The molecule has 4 rings (SSSR count). The Bertz CT molecular complexity index is 932. The van der Waals surface area contributed by atoms with Crippen LogP contribution in [0.15, 0.2) is 42.5 Å². The van der Waals surface area contributed by atoms with E-state index in [2.05, 4.69) is 17.0 Å². The second-order valence-corrected chi connectivity index (χ2v) is 8.00. The predicted molar refractivity (Wildman–Crippen MR) is 115 cm³/mol. The van der Waals surface area contributed by atoms with Crippen molar-refractivity contribution < 1.29 is 14.5 Å². The molecule has 158 valence electrons. The Morgan fingerprint density at radius 2 is 1.80 bits per heavy atom. The van der Waals surface area contributed by atoms with Gasteiger partial charge in [0.25, 0.3) is 11.6 Å². The molecule has 0 aliphatic carbocycles. The highest BCUT2D eigenvalue weighted by molar-refractivity contribution is 5.99. The van der Waals surface area contributed by atoms with Gasteiger partial charge in [0.15, 0.2) is 0 Å². The normalized spacial score (nSPS) is 17.2. The van der Waals surface area contributed by atoms with Crippen molar-refractivity contribution in [3.8, 4) is 5.75 Å². The summed E-state index contributed by atoms with van der Waals surface area (Å²) in [6, 6.07) is 13.2. The Morgan fingerprint density at radius 3 is 2.47 bits per heavy atom. The number of hydrogen-bond donors (Lipinski definition) is 0. The summed E-state index contributed by atoms with van der Waals surface area (Å²) in [5.41, 5.74) is 2.26. The van der Waals surface area contributed by atoms with Crippen LogP contribution in [0.5, 0.6) is 5.75 Å². The van der Waals surface area contributed by atoms with Gasteiger partial charge in [-0.05, 0) is 61.4 Å². The number of likely N-dealkylation sites (tertiary alicyclic amines) is 1. The van der Waals surface area contributed by atoms with Gasteiger partial charge in [0.1, 0.15) is 11.3 Å². The van der Waals surface area contributed by atoms with Crippen LogP contribution in [0.25, 0.3) is 0 Å². The lowest BCUT2D eigenvalue weighted by Crippen LogP contribution is -2.33. The van der Waals surface area contributed by atoms with Crippen molar-refractivity contribution in [3.05, 3.63) is 63.7 Å². The number of nitrogens with zero attached hydrogens (tertiary/aromatic N) is 3. The van der Waals surface area contributed by atoms with Crippen LogP contribution in [0.3, 0.4) is 0 Å². The minimum atomic E-state index is -0.456. The fourth-order valence-corrected chi connectivity index (χ4v) is 4.51. The molecule has 2 heterocycles.